The minimum absolute atomic E-state index is 0.00735. The number of imide groups is 2. The second-order valence-electron chi connectivity index (χ2n) is 16.2. The Labute approximate surface area is 363 Å². The molecular formula is C43H52N10O10. The van der Waals surface area contributed by atoms with Crippen molar-refractivity contribution in [2.24, 2.45) is 11.7 Å². The van der Waals surface area contributed by atoms with E-state index in [-0.39, 0.29) is 67.0 Å². The third-order valence-corrected chi connectivity index (χ3v) is 12.2. The number of piperazine rings is 1. The van der Waals surface area contributed by atoms with Gasteiger partial charge in [0.15, 0.2) is 5.69 Å². The molecule has 1 aromatic heterocycles. The molecule has 63 heavy (non-hydrogen) atoms. The number of benzene rings is 2. The number of nitrogens with two attached hydrogens (primary N) is 1. The van der Waals surface area contributed by atoms with Gasteiger partial charge in [0, 0.05) is 83.5 Å². The van der Waals surface area contributed by atoms with Crippen molar-refractivity contribution < 1.29 is 47.5 Å². The molecule has 6 heterocycles. The van der Waals surface area contributed by atoms with Crippen molar-refractivity contribution in [3.63, 3.8) is 0 Å². The first kappa shape index (κ1) is 43.3. The van der Waals surface area contributed by atoms with E-state index in [0.717, 1.165) is 16.2 Å². The molecule has 7 amide bonds. The number of rotatable bonds is 15. The van der Waals surface area contributed by atoms with Gasteiger partial charge < -0.3 is 45.0 Å². The van der Waals surface area contributed by atoms with Crippen LogP contribution < -0.4 is 31.5 Å². The molecule has 0 aliphatic carbocycles. The number of primary amides is 1. The zero-order valence-electron chi connectivity index (χ0n) is 35.0. The lowest BCUT2D eigenvalue weighted by atomic mass is 9.95. The van der Waals surface area contributed by atoms with Crippen molar-refractivity contribution in [3.05, 3.63) is 65.0 Å². The van der Waals surface area contributed by atoms with Crippen molar-refractivity contribution in [2.75, 3.05) is 106 Å². The summed E-state index contributed by atoms with van der Waals surface area (Å²) in [6, 6.07) is 10.1. The summed E-state index contributed by atoms with van der Waals surface area (Å²) in [5.41, 5.74) is 9.09. The van der Waals surface area contributed by atoms with E-state index in [1.165, 1.54) is 12.3 Å². The summed E-state index contributed by atoms with van der Waals surface area (Å²) in [7, 11) is 0. The number of nitrogens with one attached hydrogen (secondary N) is 3. The topological polar surface area (TPSA) is 242 Å². The highest BCUT2D eigenvalue weighted by atomic mass is 16.5. The number of amides is 7. The highest BCUT2D eigenvalue weighted by Crippen LogP contribution is 2.34. The van der Waals surface area contributed by atoms with Crippen LogP contribution >= 0.6 is 0 Å². The van der Waals surface area contributed by atoms with Crippen LogP contribution in [0, 0.1) is 5.92 Å². The van der Waals surface area contributed by atoms with Crippen molar-refractivity contribution >= 4 is 64.4 Å². The molecule has 4 fully saturated rings. The number of fused-ring (bicyclic) bond motifs is 1. The van der Waals surface area contributed by atoms with Crippen molar-refractivity contribution in [2.45, 2.75) is 44.7 Å². The van der Waals surface area contributed by atoms with Gasteiger partial charge in [-0.15, -0.1) is 0 Å². The number of piperidine rings is 2. The fourth-order valence-electron chi connectivity index (χ4n) is 8.66. The lowest BCUT2D eigenvalue weighted by Crippen LogP contribution is -2.54. The molecule has 1 atom stereocenters. The van der Waals surface area contributed by atoms with E-state index in [0.29, 0.717) is 109 Å². The lowest BCUT2D eigenvalue weighted by Gasteiger charge is -2.36. The summed E-state index contributed by atoms with van der Waals surface area (Å²) in [4.78, 5) is 103. The average Bonchev–Trinajstić information content (AvgIpc) is 3.89. The van der Waals surface area contributed by atoms with E-state index in [1.807, 2.05) is 21.9 Å². The van der Waals surface area contributed by atoms with E-state index >= 15 is 0 Å². The highest BCUT2D eigenvalue weighted by Gasteiger charge is 2.45. The van der Waals surface area contributed by atoms with Gasteiger partial charge in [0.05, 0.1) is 55.4 Å². The Morgan fingerprint density at radius 1 is 0.873 bits per heavy atom. The zero-order chi connectivity index (χ0) is 44.0. The third-order valence-electron chi connectivity index (χ3n) is 12.2. The highest BCUT2D eigenvalue weighted by molar-refractivity contribution is 6.25. The van der Waals surface area contributed by atoms with Gasteiger partial charge >= 0.3 is 0 Å². The summed E-state index contributed by atoms with van der Waals surface area (Å²) in [6.45, 7) is 7.48. The standard InChI is InChI=1S/C43H52N10O10/c44-38(56)28-8-12-50(13-9-28)34-24-27(4-5-30(34)46-39(57)32-26-63-43(47-32)52-18-22-62-23-19-52)25-49-14-16-51(17-15-49)36(55)10-20-61-21-11-45-31-3-1-2-29-37(31)42(60)53(41(29)59)33-6-7-35(54)48-40(33)58/h1-5,24,26,28,33,45H,6-23,25H2,(H2,44,56)(H,46,57)(H,48,54,58). The number of ether oxygens (including phenoxy) is 2. The number of aromatic nitrogens is 1. The monoisotopic (exact) mass is 868 g/mol. The SMILES string of the molecule is NC(=O)C1CCN(c2cc(CN3CCN(C(=O)CCOCCNc4cccc5c4C(=O)N(C4CCC(=O)NC4=O)C5=O)CC3)ccc2NC(=O)c2coc(N3CCOCC3)n2)CC1. The van der Waals surface area contributed by atoms with E-state index in [1.54, 1.807) is 12.1 Å². The van der Waals surface area contributed by atoms with E-state index in [9.17, 15) is 33.6 Å². The van der Waals surface area contributed by atoms with Gasteiger partial charge in [-0.3, -0.25) is 48.7 Å². The van der Waals surface area contributed by atoms with Crippen molar-refractivity contribution in [3.8, 4) is 0 Å². The zero-order valence-corrected chi connectivity index (χ0v) is 35.0. The van der Waals surface area contributed by atoms with Gasteiger partial charge in [0.25, 0.3) is 23.7 Å². The molecule has 1 unspecified atom stereocenters. The number of hydrogen-bond donors (Lipinski definition) is 4. The van der Waals surface area contributed by atoms with Gasteiger partial charge in [-0.05, 0) is 49.1 Å². The van der Waals surface area contributed by atoms with Gasteiger partial charge in [0.1, 0.15) is 12.3 Å². The maximum Gasteiger partial charge on any atom is 0.298 e. The van der Waals surface area contributed by atoms with Crippen LogP contribution in [0.3, 0.4) is 0 Å². The number of hydrogen-bond acceptors (Lipinski definition) is 15. The molecule has 0 spiro atoms. The first-order valence-corrected chi connectivity index (χ1v) is 21.5. The second kappa shape index (κ2) is 19.3. The van der Waals surface area contributed by atoms with Gasteiger partial charge in [-0.25, -0.2) is 0 Å². The van der Waals surface area contributed by atoms with E-state index in [4.69, 9.17) is 19.6 Å². The predicted molar refractivity (Wildman–Crippen MR) is 227 cm³/mol. The molecule has 334 valence electrons. The Kier molecular flexibility index (Phi) is 13.3. The molecule has 5 aliphatic heterocycles. The minimum Gasteiger partial charge on any atom is -0.431 e. The molecule has 5 aliphatic rings. The van der Waals surface area contributed by atoms with Gasteiger partial charge in [-0.1, -0.05) is 12.1 Å². The van der Waals surface area contributed by atoms with Crippen LogP contribution in [-0.2, 0) is 35.2 Å². The third kappa shape index (κ3) is 9.82. The number of carbonyl (C=O) groups is 7. The first-order chi connectivity index (χ1) is 30.5. The second-order valence-corrected chi connectivity index (χ2v) is 16.2. The fraction of sp³-hybridized carbons (Fsp3) is 0.488. The quantitative estimate of drug-likeness (QED) is 0.123. The van der Waals surface area contributed by atoms with Crippen LogP contribution in [0.2, 0.25) is 0 Å². The number of morpholine rings is 1. The average molecular weight is 869 g/mol. The molecule has 2 aromatic carbocycles. The Morgan fingerprint density at radius 3 is 2.40 bits per heavy atom. The molecule has 0 bridgehead atoms. The van der Waals surface area contributed by atoms with Crippen molar-refractivity contribution in [1.82, 2.24) is 25.0 Å². The summed E-state index contributed by atoms with van der Waals surface area (Å²) < 4.78 is 16.8. The minimum atomic E-state index is -1.05. The van der Waals surface area contributed by atoms with E-state index in [2.05, 4.69) is 36.8 Å². The Bertz CT molecular complexity index is 2240. The number of anilines is 4. The Hall–Kier alpha value is -6.38. The maximum atomic E-state index is 13.4. The number of oxazole rings is 1. The van der Waals surface area contributed by atoms with Crippen LogP contribution in [0.4, 0.5) is 23.1 Å². The smallest absolute Gasteiger partial charge is 0.298 e. The number of nitrogens with zero attached hydrogens (tertiary/aromatic N) is 6. The summed E-state index contributed by atoms with van der Waals surface area (Å²) in [5, 5.41) is 8.37. The summed E-state index contributed by atoms with van der Waals surface area (Å²) in [5.74, 6) is -3.16. The first-order valence-electron chi connectivity index (χ1n) is 21.5. The molecular weight excluding hydrogens is 817 g/mol. The van der Waals surface area contributed by atoms with Crippen molar-refractivity contribution in [1.29, 1.82) is 0 Å². The molecule has 8 rings (SSSR count). The van der Waals surface area contributed by atoms with Gasteiger partial charge in [0.2, 0.25) is 23.6 Å². The van der Waals surface area contributed by atoms with Crippen LogP contribution in [0.15, 0.2) is 47.1 Å². The normalized spacial score (nSPS) is 19.9. The molecule has 20 heteroatoms. The molecule has 3 aromatic rings. The summed E-state index contributed by atoms with van der Waals surface area (Å²) in [6.07, 6.45) is 2.92. The lowest BCUT2D eigenvalue weighted by molar-refractivity contribution is -0.136. The summed E-state index contributed by atoms with van der Waals surface area (Å²) >= 11 is 0. The van der Waals surface area contributed by atoms with Crippen LogP contribution in [0.1, 0.15) is 68.9 Å². The molecule has 5 N–H and O–H groups in total. The maximum absolute atomic E-state index is 13.4. The Morgan fingerprint density at radius 2 is 1.65 bits per heavy atom. The van der Waals surface area contributed by atoms with Gasteiger partial charge in [-0.2, -0.15) is 4.98 Å². The largest absolute Gasteiger partial charge is 0.431 e. The molecule has 4 saturated heterocycles. The number of carbonyl (C=O) groups excluding carboxylic acids is 7. The Balaban J connectivity index is 0.795. The molecule has 20 nitrogen and oxygen atoms in total. The van der Waals surface area contributed by atoms with Crippen LogP contribution in [-0.4, -0.2) is 152 Å². The van der Waals surface area contributed by atoms with Crippen LogP contribution in [0.25, 0.3) is 0 Å². The fourth-order valence-corrected chi connectivity index (χ4v) is 8.66. The molecule has 0 radical (unpaired) electrons. The van der Waals surface area contributed by atoms with Crippen LogP contribution in [0.5, 0.6) is 0 Å². The predicted octanol–water partition coefficient (Wildman–Crippen LogP) is 1.03. The molecule has 0 saturated carbocycles. The van der Waals surface area contributed by atoms with E-state index < -0.39 is 35.6 Å².